The molecule has 4 rings (SSSR count). The average molecular weight is 416 g/mol. The van der Waals surface area contributed by atoms with Crippen LogP contribution in [0.5, 0.6) is 0 Å². The largest absolute Gasteiger partial charge is 0.389 e. The Labute approximate surface area is 173 Å². The van der Waals surface area contributed by atoms with E-state index in [0.717, 1.165) is 46.4 Å². The summed E-state index contributed by atoms with van der Waals surface area (Å²) in [6.07, 6.45) is -0.566. The molecule has 2 aromatic carbocycles. The molecule has 0 atom stereocenters. The summed E-state index contributed by atoms with van der Waals surface area (Å²) in [6, 6.07) is 14.0. The number of halogens is 2. The second-order valence-electron chi connectivity index (χ2n) is 7.16. The summed E-state index contributed by atoms with van der Waals surface area (Å²) in [5.41, 5.74) is 10.6. The van der Waals surface area contributed by atoms with E-state index in [-0.39, 0.29) is 13.0 Å². The van der Waals surface area contributed by atoms with Crippen molar-refractivity contribution < 1.29 is 13.5 Å². The lowest BCUT2D eigenvalue weighted by Crippen LogP contribution is -2.36. The van der Waals surface area contributed by atoms with Crippen LogP contribution in [0.25, 0.3) is 22.0 Å². The van der Waals surface area contributed by atoms with Crippen LogP contribution in [0.2, 0.25) is 0 Å². The molecule has 1 aromatic heterocycles. The zero-order chi connectivity index (χ0) is 20.4. The topological polar surface area (TPSA) is 43.4 Å². The first kappa shape index (κ1) is 19.8. The van der Waals surface area contributed by atoms with Crippen LogP contribution in [0.4, 0.5) is 14.5 Å². The quantitative estimate of drug-likeness (QED) is 0.605. The molecule has 0 bridgehead atoms. The third kappa shape index (κ3) is 4.26. The molecule has 2 N–H and O–H groups in total. The molecule has 152 valence electrons. The van der Waals surface area contributed by atoms with E-state index >= 15 is 0 Å². The van der Waals surface area contributed by atoms with Crippen molar-refractivity contribution in [3.63, 3.8) is 0 Å². The first-order chi connectivity index (χ1) is 14.0. The Morgan fingerprint density at radius 2 is 1.93 bits per heavy atom. The number of aryl methyl sites for hydroxylation is 1. The van der Waals surface area contributed by atoms with E-state index in [1.807, 2.05) is 35.0 Å². The van der Waals surface area contributed by atoms with Crippen molar-refractivity contribution in [2.24, 2.45) is 5.73 Å². The van der Waals surface area contributed by atoms with Crippen LogP contribution in [0.15, 0.2) is 48.7 Å². The van der Waals surface area contributed by atoms with Gasteiger partial charge in [0.15, 0.2) is 0 Å². The summed E-state index contributed by atoms with van der Waals surface area (Å²) in [5, 5.41) is 1.02. The number of morpholine rings is 1. The SMILES string of the molecule is NC(=S)c1cccc(-c2cn(CCC(F)F)c3cc(N4CCOCC4)ccc23)c1. The van der Waals surface area contributed by atoms with Gasteiger partial charge < -0.3 is 19.9 Å². The fourth-order valence-electron chi connectivity index (χ4n) is 3.79. The number of alkyl halides is 2. The van der Waals surface area contributed by atoms with E-state index < -0.39 is 6.43 Å². The van der Waals surface area contributed by atoms with Gasteiger partial charge in [0.05, 0.1) is 18.7 Å². The molecule has 1 aliphatic heterocycles. The molecule has 0 unspecified atom stereocenters. The maximum absolute atomic E-state index is 12.9. The lowest BCUT2D eigenvalue weighted by Gasteiger charge is -2.29. The number of nitrogens with two attached hydrogens (primary N) is 1. The van der Waals surface area contributed by atoms with Crippen molar-refractivity contribution in [1.82, 2.24) is 4.57 Å². The van der Waals surface area contributed by atoms with Gasteiger partial charge in [-0.1, -0.05) is 36.5 Å². The third-order valence-corrected chi connectivity index (χ3v) is 5.52. The van der Waals surface area contributed by atoms with Gasteiger partial charge in [0, 0.05) is 54.5 Å². The zero-order valence-electron chi connectivity index (χ0n) is 16.0. The second kappa shape index (κ2) is 8.47. The van der Waals surface area contributed by atoms with E-state index in [1.165, 1.54) is 0 Å². The normalized spacial score (nSPS) is 14.7. The Morgan fingerprint density at radius 3 is 2.66 bits per heavy atom. The average Bonchev–Trinajstić information content (AvgIpc) is 3.11. The minimum absolute atomic E-state index is 0.183. The van der Waals surface area contributed by atoms with Gasteiger partial charge in [-0.15, -0.1) is 0 Å². The van der Waals surface area contributed by atoms with Gasteiger partial charge >= 0.3 is 0 Å². The highest BCUT2D eigenvalue weighted by atomic mass is 32.1. The van der Waals surface area contributed by atoms with Crippen molar-refractivity contribution in [1.29, 1.82) is 0 Å². The predicted octanol–water partition coefficient (Wildman–Crippen LogP) is 4.43. The molecule has 4 nitrogen and oxygen atoms in total. The van der Waals surface area contributed by atoms with Gasteiger partial charge in [0.2, 0.25) is 6.43 Å². The van der Waals surface area contributed by atoms with Gasteiger partial charge in [-0.2, -0.15) is 0 Å². The molecule has 3 aromatic rings. The van der Waals surface area contributed by atoms with E-state index in [1.54, 1.807) is 0 Å². The van der Waals surface area contributed by atoms with Gasteiger partial charge in [-0.3, -0.25) is 0 Å². The Morgan fingerprint density at radius 1 is 1.14 bits per heavy atom. The molecule has 0 spiro atoms. The number of fused-ring (bicyclic) bond motifs is 1. The standard InChI is InChI=1S/C22H23F2N3OS/c23-21(24)6-7-27-14-19(15-2-1-3-16(12-15)22(25)29)18-5-4-17(13-20(18)27)26-8-10-28-11-9-26/h1-5,12-14,21H,6-11H2,(H2,25,29). The smallest absolute Gasteiger partial charge is 0.240 e. The van der Waals surface area contributed by atoms with Crippen LogP contribution in [0, 0.1) is 0 Å². The number of rotatable bonds is 6. The molecule has 29 heavy (non-hydrogen) atoms. The van der Waals surface area contributed by atoms with Crippen LogP contribution in [0.3, 0.4) is 0 Å². The van der Waals surface area contributed by atoms with Gasteiger partial charge in [0.25, 0.3) is 0 Å². The zero-order valence-corrected chi connectivity index (χ0v) is 16.8. The van der Waals surface area contributed by atoms with Crippen LogP contribution >= 0.6 is 12.2 Å². The first-order valence-corrected chi connectivity index (χ1v) is 10.1. The second-order valence-corrected chi connectivity index (χ2v) is 7.60. The molecule has 0 radical (unpaired) electrons. The number of benzene rings is 2. The fraction of sp³-hybridized carbons (Fsp3) is 0.318. The number of thiocarbonyl (C=S) groups is 1. The number of aromatic nitrogens is 1. The summed E-state index contributed by atoms with van der Waals surface area (Å²) in [4.78, 5) is 2.60. The number of ether oxygens (including phenoxy) is 1. The minimum Gasteiger partial charge on any atom is -0.389 e. The highest BCUT2D eigenvalue weighted by molar-refractivity contribution is 7.80. The van der Waals surface area contributed by atoms with Gasteiger partial charge in [-0.05, 0) is 23.8 Å². The Bertz CT molecular complexity index is 1030. The molecule has 0 amide bonds. The molecule has 7 heteroatoms. The van der Waals surface area contributed by atoms with Gasteiger partial charge in [0.1, 0.15) is 4.99 Å². The summed E-state index contributed by atoms with van der Waals surface area (Å²) in [5.74, 6) is 0. The highest BCUT2D eigenvalue weighted by Gasteiger charge is 2.16. The molecule has 0 saturated carbocycles. The maximum Gasteiger partial charge on any atom is 0.240 e. The number of anilines is 1. The minimum atomic E-state index is -2.34. The van der Waals surface area contributed by atoms with Crippen LogP contribution in [0.1, 0.15) is 12.0 Å². The lowest BCUT2D eigenvalue weighted by atomic mass is 10.0. The molecule has 1 saturated heterocycles. The van der Waals surface area contributed by atoms with Crippen LogP contribution < -0.4 is 10.6 Å². The third-order valence-electron chi connectivity index (χ3n) is 5.29. The number of hydrogen-bond donors (Lipinski definition) is 1. The molecular formula is C22H23F2N3OS. The first-order valence-electron chi connectivity index (χ1n) is 9.67. The Balaban J connectivity index is 1.80. The summed E-state index contributed by atoms with van der Waals surface area (Å²) < 4.78 is 33.2. The van der Waals surface area contributed by atoms with E-state index in [2.05, 4.69) is 23.1 Å². The molecular weight excluding hydrogens is 392 g/mol. The van der Waals surface area contributed by atoms with Crippen molar-refractivity contribution in [2.75, 3.05) is 31.2 Å². The fourth-order valence-corrected chi connectivity index (χ4v) is 3.92. The predicted molar refractivity (Wildman–Crippen MR) is 117 cm³/mol. The van der Waals surface area contributed by atoms with Gasteiger partial charge in [-0.25, -0.2) is 8.78 Å². The molecule has 1 fully saturated rings. The van der Waals surface area contributed by atoms with Crippen molar-refractivity contribution in [3.8, 4) is 11.1 Å². The van der Waals surface area contributed by atoms with E-state index in [4.69, 9.17) is 22.7 Å². The Hall–Kier alpha value is -2.51. The van der Waals surface area contributed by atoms with E-state index in [0.29, 0.717) is 18.2 Å². The molecule has 0 aliphatic carbocycles. The molecule has 1 aliphatic rings. The summed E-state index contributed by atoms with van der Waals surface area (Å²) in [7, 11) is 0. The maximum atomic E-state index is 12.9. The Kier molecular flexibility index (Phi) is 5.78. The monoisotopic (exact) mass is 415 g/mol. The van der Waals surface area contributed by atoms with Crippen LogP contribution in [-0.2, 0) is 11.3 Å². The lowest BCUT2D eigenvalue weighted by molar-refractivity contribution is 0.122. The van der Waals surface area contributed by atoms with E-state index in [9.17, 15) is 8.78 Å². The molecule has 2 heterocycles. The number of hydrogen-bond acceptors (Lipinski definition) is 3. The number of nitrogens with zero attached hydrogens (tertiary/aromatic N) is 2. The van der Waals surface area contributed by atoms with Crippen LogP contribution in [-0.4, -0.2) is 42.3 Å². The highest BCUT2D eigenvalue weighted by Crippen LogP contribution is 2.34. The van der Waals surface area contributed by atoms with Crippen molar-refractivity contribution in [3.05, 3.63) is 54.2 Å². The summed E-state index contributed by atoms with van der Waals surface area (Å²) in [6.45, 7) is 3.30. The summed E-state index contributed by atoms with van der Waals surface area (Å²) >= 11 is 5.11. The van der Waals surface area contributed by atoms with Crippen molar-refractivity contribution >= 4 is 33.8 Å². The van der Waals surface area contributed by atoms with Crippen molar-refractivity contribution in [2.45, 2.75) is 19.4 Å².